The van der Waals surface area contributed by atoms with Crippen LogP contribution in [0.2, 0.25) is 5.15 Å². The SMILES string of the molecule is O=C(NCCc1cccc(F)c1)[C@@H]1CNC[C@H]1c1ccc(Cl)nc1. The Kier molecular flexibility index (Phi) is 5.43. The fraction of sp³-hybridized carbons (Fsp3) is 0.333. The maximum atomic E-state index is 13.2. The Labute approximate surface area is 145 Å². The van der Waals surface area contributed by atoms with Gasteiger partial charge in [0.25, 0.3) is 0 Å². The highest BCUT2D eigenvalue weighted by molar-refractivity contribution is 6.29. The lowest BCUT2D eigenvalue weighted by molar-refractivity contribution is -0.124. The Morgan fingerprint density at radius 2 is 2.21 bits per heavy atom. The number of carbonyl (C=O) groups is 1. The second-order valence-electron chi connectivity index (χ2n) is 5.96. The lowest BCUT2D eigenvalue weighted by Crippen LogP contribution is -2.35. The second kappa shape index (κ2) is 7.73. The number of nitrogens with zero attached hydrogens (tertiary/aromatic N) is 1. The first-order valence-corrected chi connectivity index (χ1v) is 8.35. The monoisotopic (exact) mass is 347 g/mol. The third kappa shape index (κ3) is 4.10. The molecule has 0 radical (unpaired) electrons. The normalized spacial score (nSPS) is 20.1. The van der Waals surface area contributed by atoms with Crippen molar-refractivity contribution in [2.75, 3.05) is 19.6 Å². The Morgan fingerprint density at radius 1 is 1.33 bits per heavy atom. The van der Waals surface area contributed by atoms with Crippen LogP contribution < -0.4 is 10.6 Å². The van der Waals surface area contributed by atoms with E-state index in [0.29, 0.717) is 24.7 Å². The van der Waals surface area contributed by atoms with Crippen molar-refractivity contribution in [2.24, 2.45) is 5.92 Å². The van der Waals surface area contributed by atoms with Crippen LogP contribution in [0.1, 0.15) is 17.0 Å². The van der Waals surface area contributed by atoms with Gasteiger partial charge in [0, 0.05) is 31.7 Å². The smallest absolute Gasteiger partial charge is 0.225 e. The van der Waals surface area contributed by atoms with E-state index in [0.717, 1.165) is 17.7 Å². The summed E-state index contributed by atoms with van der Waals surface area (Å²) in [6.07, 6.45) is 2.34. The van der Waals surface area contributed by atoms with Crippen LogP contribution in [0.4, 0.5) is 4.39 Å². The van der Waals surface area contributed by atoms with Crippen molar-refractivity contribution in [3.8, 4) is 0 Å². The molecular formula is C18H19ClFN3O. The molecule has 4 nitrogen and oxygen atoms in total. The third-order valence-electron chi connectivity index (χ3n) is 4.33. The first kappa shape index (κ1) is 16.9. The summed E-state index contributed by atoms with van der Waals surface area (Å²) < 4.78 is 13.2. The van der Waals surface area contributed by atoms with Crippen LogP contribution in [0.3, 0.4) is 0 Å². The second-order valence-corrected chi connectivity index (χ2v) is 6.34. The lowest BCUT2D eigenvalue weighted by atomic mass is 9.89. The van der Waals surface area contributed by atoms with Gasteiger partial charge in [0.05, 0.1) is 5.92 Å². The van der Waals surface area contributed by atoms with Gasteiger partial charge in [0.2, 0.25) is 5.91 Å². The number of carbonyl (C=O) groups excluding carboxylic acids is 1. The average Bonchev–Trinajstić information content (AvgIpc) is 3.05. The van der Waals surface area contributed by atoms with Crippen LogP contribution in [0.15, 0.2) is 42.6 Å². The van der Waals surface area contributed by atoms with Gasteiger partial charge in [-0.3, -0.25) is 4.79 Å². The van der Waals surface area contributed by atoms with Crippen molar-refractivity contribution in [2.45, 2.75) is 12.3 Å². The van der Waals surface area contributed by atoms with E-state index >= 15 is 0 Å². The van der Waals surface area contributed by atoms with Gasteiger partial charge < -0.3 is 10.6 Å². The minimum absolute atomic E-state index is 0.0105. The number of aromatic nitrogens is 1. The first-order valence-electron chi connectivity index (χ1n) is 7.98. The van der Waals surface area contributed by atoms with Gasteiger partial charge in [-0.25, -0.2) is 9.37 Å². The highest BCUT2D eigenvalue weighted by atomic mass is 35.5. The van der Waals surface area contributed by atoms with E-state index in [4.69, 9.17) is 11.6 Å². The first-order chi connectivity index (χ1) is 11.6. The van der Waals surface area contributed by atoms with Crippen LogP contribution >= 0.6 is 11.6 Å². The molecule has 0 saturated carbocycles. The van der Waals surface area contributed by atoms with E-state index < -0.39 is 0 Å². The van der Waals surface area contributed by atoms with Gasteiger partial charge in [0.15, 0.2) is 0 Å². The summed E-state index contributed by atoms with van der Waals surface area (Å²) in [6.45, 7) is 1.87. The fourth-order valence-corrected chi connectivity index (χ4v) is 3.18. The molecule has 0 aliphatic carbocycles. The minimum atomic E-state index is -0.255. The molecule has 1 aromatic heterocycles. The number of benzene rings is 1. The van der Waals surface area contributed by atoms with Crippen molar-refractivity contribution < 1.29 is 9.18 Å². The molecule has 6 heteroatoms. The largest absolute Gasteiger partial charge is 0.355 e. The Bertz CT molecular complexity index is 708. The van der Waals surface area contributed by atoms with E-state index in [1.165, 1.54) is 12.1 Å². The zero-order chi connectivity index (χ0) is 16.9. The zero-order valence-corrected chi connectivity index (χ0v) is 13.9. The molecule has 1 aliphatic rings. The van der Waals surface area contributed by atoms with Crippen LogP contribution in [0.5, 0.6) is 0 Å². The van der Waals surface area contributed by atoms with Gasteiger partial charge in [-0.05, 0) is 35.7 Å². The van der Waals surface area contributed by atoms with E-state index in [2.05, 4.69) is 15.6 Å². The molecule has 2 atom stereocenters. The number of hydrogen-bond acceptors (Lipinski definition) is 3. The molecule has 1 amide bonds. The summed E-state index contributed by atoms with van der Waals surface area (Å²) >= 11 is 5.82. The molecule has 24 heavy (non-hydrogen) atoms. The molecule has 2 aromatic rings. The topological polar surface area (TPSA) is 54.0 Å². The van der Waals surface area contributed by atoms with Gasteiger partial charge in [-0.2, -0.15) is 0 Å². The van der Waals surface area contributed by atoms with Gasteiger partial charge in [-0.1, -0.05) is 29.8 Å². The maximum Gasteiger partial charge on any atom is 0.225 e. The molecule has 2 N–H and O–H groups in total. The quantitative estimate of drug-likeness (QED) is 0.817. The minimum Gasteiger partial charge on any atom is -0.355 e. The molecule has 3 rings (SSSR count). The molecule has 0 bridgehead atoms. The van der Waals surface area contributed by atoms with E-state index in [9.17, 15) is 9.18 Å². The molecule has 0 unspecified atom stereocenters. The van der Waals surface area contributed by atoms with Crippen LogP contribution in [0.25, 0.3) is 0 Å². The molecule has 126 valence electrons. The Hall–Kier alpha value is -1.98. The molecule has 1 fully saturated rings. The summed E-state index contributed by atoms with van der Waals surface area (Å²) in [4.78, 5) is 16.6. The van der Waals surface area contributed by atoms with Crippen LogP contribution in [-0.4, -0.2) is 30.5 Å². The van der Waals surface area contributed by atoms with Gasteiger partial charge >= 0.3 is 0 Å². The lowest BCUT2D eigenvalue weighted by Gasteiger charge is -2.18. The summed E-state index contributed by atoms with van der Waals surface area (Å²) in [7, 11) is 0. The Morgan fingerprint density at radius 3 is 2.96 bits per heavy atom. The van der Waals surface area contributed by atoms with Crippen molar-refractivity contribution in [1.29, 1.82) is 0 Å². The highest BCUT2D eigenvalue weighted by Gasteiger charge is 2.33. The number of nitrogens with one attached hydrogen (secondary N) is 2. The van der Waals surface area contributed by atoms with E-state index in [-0.39, 0.29) is 23.6 Å². The van der Waals surface area contributed by atoms with E-state index in [1.54, 1.807) is 18.3 Å². The van der Waals surface area contributed by atoms with Crippen molar-refractivity contribution in [3.63, 3.8) is 0 Å². The number of halogens is 2. The molecule has 2 heterocycles. The third-order valence-corrected chi connectivity index (χ3v) is 4.55. The summed E-state index contributed by atoms with van der Waals surface area (Å²) in [5, 5.41) is 6.66. The fourth-order valence-electron chi connectivity index (χ4n) is 3.06. The number of pyridine rings is 1. The summed E-state index contributed by atoms with van der Waals surface area (Å²) in [5.41, 5.74) is 1.88. The van der Waals surface area contributed by atoms with Crippen molar-refractivity contribution in [3.05, 3.63) is 64.7 Å². The summed E-state index contributed by atoms with van der Waals surface area (Å²) in [6, 6.07) is 10.1. The number of rotatable bonds is 5. The average molecular weight is 348 g/mol. The maximum absolute atomic E-state index is 13.2. The predicted molar refractivity (Wildman–Crippen MR) is 91.5 cm³/mol. The highest BCUT2D eigenvalue weighted by Crippen LogP contribution is 2.28. The predicted octanol–water partition coefficient (Wildman–Crippen LogP) is 2.54. The molecule has 1 aromatic carbocycles. The molecular weight excluding hydrogens is 329 g/mol. The summed E-state index contributed by atoms with van der Waals surface area (Å²) in [5.74, 6) is -0.296. The number of hydrogen-bond donors (Lipinski definition) is 2. The molecule has 1 saturated heterocycles. The molecule has 1 aliphatic heterocycles. The van der Waals surface area contributed by atoms with Crippen molar-refractivity contribution >= 4 is 17.5 Å². The van der Waals surface area contributed by atoms with Crippen molar-refractivity contribution in [1.82, 2.24) is 15.6 Å². The standard InChI is InChI=1S/C18H19ClFN3O/c19-17-5-4-13(9-23-17)15-10-21-11-16(15)18(24)22-7-6-12-2-1-3-14(20)8-12/h1-5,8-9,15-16,21H,6-7,10-11H2,(H,22,24)/t15-,16+/m0/s1. The molecule has 0 spiro atoms. The van der Waals surface area contributed by atoms with Gasteiger partial charge in [-0.15, -0.1) is 0 Å². The van der Waals surface area contributed by atoms with Crippen LogP contribution in [-0.2, 0) is 11.2 Å². The van der Waals surface area contributed by atoms with E-state index in [1.807, 2.05) is 12.1 Å². The Balaban J connectivity index is 1.56. The van der Waals surface area contributed by atoms with Gasteiger partial charge in [0.1, 0.15) is 11.0 Å². The zero-order valence-electron chi connectivity index (χ0n) is 13.1. The number of amides is 1. The van der Waals surface area contributed by atoms with Crippen LogP contribution in [0, 0.1) is 11.7 Å².